The predicted octanol–water partition coefficient (Wildman–Crippen LogP) is 2.53. The number of nitrogens with one attached hydrogen (secondary N) is 2. The van der Waals surface area contributed by atoms with Crippen LogP contribution in [0.5, 0.6) is 0 Å². The van der Waals surface area contributed by atoms with Crippen molar-refractivity contribution in [1.29, 1.82) is 0 Å². The molecule has 0 bridgehead atoms. The number of fused-ring (bicyclic) bond motifs is 1. The molecule has 1 aliphatic carbocycles. The summed E-state index contributed by atoms with van der Waals surface area (Å²) in [6.07, 6.45) is 5.66. The molecule has 9 heteroatoms. The molecule has 2 fully saturated rings. The predicted molar refractivity (Wildman–Crippen MR) is 128 cm³/mol. The lowest BCUT2D eigenvalue weighted by Gasteiger charge is -2.41. The molecule has 3 aromatic rings. The Kier molecular flexibility index (Phi) is 5.87. The Morgan fingerprint density at radius 3 is 2.82 bits per heavy atom. The number of nitrogens with zero attached hydrogens (tertiary/aromatic N) is 4. The molecular weight excluding hydrogens is 435 g/mol. The maximum atomic E-state index is 15.2. The smallest absolute Gasteiger partial charge is 0.270 e. The van der Waals surface area contributed by atoms with E-state index in [0.717, 1.165) is 25.1 Å². The summed E-state index contributed by atoms with van der Waals surface area (Å²) in [5.74, 6) is -0.580. The number of piperazine rings is 1. The monoisotopic (exact) mass is 462 g/mol. The Hall–Kier alpha value is -3.59. The van der Waals surface area contributed by atoms with Gasteiger partial charge in [-0.1, -0.05) is 12.1 Å². The molecule has 1 atom stereocenters. The summed E-state index contributed by atoms with van der Waals surface area (Å²) >= 11 is 0. The van der Waals surface area contributed by atoms with Crippen molar-refractivity contribution in [3.8, 4) is 0 Å². The van der Waals surface area contributed by atoms with Crippen LogP contribution in [0.3, 0.4) is 0 Å². The van der Waals surface area contributed by atoms with E-state index in [4.69, 9.17) is 0 Å². The zero-order valence-electron chi connectivity index (χ0n) is 19.1. The maximum absolute atomic E-state index is 15.2. The summed E-state index contributed by atoms with van der Waals surface area (Å²) in [5, 5.41) is 2.95. The number of aromatic amines is 1. The first-order valence-electron chi connectivity index (χ1n) is 11.5. The zero-order valence-corrected chi connectivity index (χ0v) is 19.1. The van der Waals surface area contributed by atoms with Crippen molar-refractivity contribution in [1.82, 2.24) is 25.2 Å². The second-order valence-corrected chi connectivity index (χ2v) is 8.95. The maximum Gasteiger partial charge on any atom is 0.270 e. The van der Waals surface area contributed by atoms with Crippen LogP contribution in [0.4, 0.5) is 10.1 Å². The lowest BCUT2D eigenvalue weighted by atomic mass is 10.1. The molecule has 5 rings (SSSR count). The summed E-state index contributed by atoms with van der Waals surface area (Å²) in [4.78, 5) is 39.6. The van der Waals surface area contributed by atoms with E-state index in [1.807, 2.05) is 12.1 Å². The number of hydrogen-bond donors (Lipinski definition) is 2. The number of aryl methyl sites for hydroxylation is 1. The number of benzene rings is 1. The Balaban J connectivity index is 1.28. The Morgan fingerprint density at radius 1 is 1.29 bits per heavy atom. The third-order valence-electron chi connectivity index (χ3n) is 6.49. The first-order valence-corrected chi connectivity index (χ1v) is 11.5. The van der Waals surface area contributed by atoms with E-state index in [9.17, 15) is 9.59 Å². The zero-order chi connectivity index (χ0) is 23.8. The Bertz CT molecular complexity index is 1300. The van der Waals surface area contributed by atoms with Gasteiger partial charge in [-0.25, -0.2) is 14.4 Å². The molecular formula is C25H27FN6O2. The van der Waals surface area contributed by atoms with Crippen LogP contribution in [-0.4, -0.2) is 57.5 Å². The first-order chi connectivity index (χ1) is 16.4. The number of hydrogen-bond acceptors (Lipinski definition) is 6. The second kappa shape index (κ2) is 8.98. The molecule has 8 nitrogen and oxygen atoms in total. The molecule has 1 amide bonds. The highest BCUT2D eigenvalue weighted by atomic mass is 19.1. The third kappa shape index (κ3) is 4.43. The largest absolute Gasteiger partial charge is 0.367 e. The van der Waals surface area contributed by atoms with Crippen LogP contribution in [-0.2, 0) is 6.54 Å². The molecule has 34 heavy (non-hydrogen) atoms. The van der Waals surface area contributed by atoms with Gasteiger partial charge < -0.3 is 15.2 Å². The van der Waals surface area contributed by atoms with E-state index in [1.54, 1.807) is 31.3 Å². The van der Waals surface area contributed by atoms with Crippen molar-refractivity contribution in [2.24, 2.45) is 0 Å². The van der Waals surface area contributed by atoms with Crippen LogP contribution >= 0.6 is 0 Å². The molecule has 0 spiro atoms. The van der Waals surface area contributed by atoms with Crippen molar-refractivity contribution in [2.75, 3.05) is 24.5 Å². The van der Waals surface area contributed by atoms with Gasteiger partial charge in [0.2, 0.25) is 0 Å². The fourth-order valence-corrected chi connectivity index (χ4v) is 4.29. The minimum atomic E-state index is -0.448. The van der Waals surface area contributed by atoms with Gasteiger partial charge in [-0.15, -0.1) is 6.58 Å². The number of carbonyl (C=O) groups excluding carboxylic acids is 1. The van der Waals surface area contributed by atoms with Gasteiger partial charge in [0.25, 0.3) is 11.5 Å². The number of halogens is 1. The van der Waals surface area contributed by atoms with E-state index in [0.29, 0.717) is 48.1 Å². The van der Waals surface area contributed by atoms with Gasteiger partial charge in [0.1, 0.15) is 16.9 Å². The number of pyridine rings is 1. The van der Waals surface area contributed by atoms with Crippen molar-refractivity contribution >= 4 is 22.6 Å². The molecule has 1 aromatic carbocycles. The molecule has 1 saturated carbocycles. The second-order valence-electron chi connectivity index (χ2n) is 8.95. The minimum absolute atomic E-state index is 0.00289. The summed E-state index contributed by atoms with van der Waals surface area (Å²) in [7, 11) is 0. The van der Waals surface area contributed by atoms with Gasteiger partial charge in [-0.2, -0.15) is 0 Å². The highest BCUT2D eigenvalue weighted by Crippen LogP contribution is 2.24. The lowest BCUT2D eigenvalue weighted by molar-refractivity contribution is 0.0946. The van der Waals surface area contributed by atoms with Gasteiger partial charge in [0.15, 0.2) is 5.82 Å². The normalized spacial score (nSPS) is 18.8. The number of rotatable bonds is 6. The molecule has 1 aliphatic heterocycles. The van der Waals surface area contributed by atoms with Gasteiger partial charge in [-0.05, 0) is 38.0 Å². The molecule has 2 N–H and O–H groups in total. The van der Waals surface area contributed by atoms with Crippen LogP contribution in [0, 0.1) is 12.7 Å². The third-order valence-corrected chi connectivity index (χ3v) is 6.49. The van der Waals surface area contributed by atoms with Crippen LogP contribution in [0.2, 0.25) is 0 Å². The molecule has 176 valence electrons. The number of H-pyrrole nitrogens is 1. The van der Waals surface area contributed by atoms with Gasteiger partial charge in [0.05, 0.1) is 17.4 Å². The van der Waals surface area contributed by atoms with Crippen LogP contribution in [0.1, 0.15) is 34.6 Å². The first kappa shape index (κ1) is 22.2. The van der Waals surface area contributed by atoms with Crippen molar-refractivity contribution in [2.45, 2.75) is 38.4 Å². The molecule has 0 radical (unpaired) electrons. The summed E-state index contributed by atoms with van der Waals surface area (Å²) in [6.45, 7) is 8.07. The van der Waals surface area contributed by atoms with E-state index >= 15 is 4.39 Å². The summed E-state index contributed by atoms with van der Waals surface area (Å²) in [5.41, 5.74) is 2.36. The fourth-order valence-electron chi connectivity index (χ4n) is 4.29. The van der Waals surface area contributed by atoms with Crippen molar-refractivity contribution < 1.29 is 9.18 Å². The van der Waals surface area contributed by atoms with Gasteiger partial charge >= 0.3 is 0 Å². The number of aromatic nitrogens is 3. The number of carbonyl (C=O) groups is 1. The SMILES string of the molecule is C=C[C@@H]1CN(c2ccc(C(=O)NC3CC3)nc2)CCN1Cc1ccc2nc(C)c(=O)[nH]c2c1F. The highest BCUT2D eigenvalue weighted by molar-refractivity contribution is 5.92. The van der Waals surface area contributed by atoms with Gasteiger partial charge in [-0.3, -0.25) is 14.5 Å². The molecule has 1 saturated heterocycles. The Labute approximate surface area is 196 Å². The lowest BCUT2D eigenvalue weighted by Crippen LogP contribution is -2.52. The van der Waals surface area contributed by atoms with Crippen LogP contribution < -0.4 is 15.8 Å². The number of amides is 1. The van der Waals surface area contributed by atoms with E-state index < -0.39 is 5.82 Å². The van der Waals surface area contributed by atoms with Crippen LogP contribution in [0.15, 0.2) is 47.9 Å². The van der Waals surface area contributed by atoms with Crippen molar-refractivity contribution in [3.63, 3.8) is 0 Å². The average Bonchev–Trinajstić information content (AvgIpc) is 3.66. The fraction of sp³-hybridized carbons (Fsp3) is 0.360. The number of anilines is 1. The van der Waals surface area contributed by atoms with E-state index in [2.05, 4.69) is 36.6 Å². The van der Waals surface area contributed by atoms with E-state index in [1.165, 1.54) is 0 Å². The standard InChI is InChI=1S/C25H27FN6O2/c1-3-18-14-32(19-7-9-21(27-12-19)25(34)29-17-5-6-17)11-10-31(18)13-16-4-8-20-23(22(16)26)30-24(33)15(2)28-20/h3-4,7-9,12,17-18H,1,5-6,10-11,13-14H2,2H3,(H,29,34)(H,30,33)/t18-/m1/s1. The minimum Gasteiger partial charge on any atom is -0.367 e. The summed E-state index contributed by atoms with van der Waals surface area (Å²) in [6, 6.07) is 7.43. The summed E-state index contributed by atoms with van der Waals surface area (Å²) < 4.78 is 15.2. The van der Waals surface area contributed by atoms with Crippen molar-refractivity contribution in [3.05, 3.63) is 76.2 Å². The quantitative estimate of drug-likeness (QED) is 0.547. The van der Waals surface area contributed by atoms with E-state index in [-0.39, 0.29) is 23.0 Å². The topological polar surface area (TPSA) is 94.2 Å². The molecule has 0 unspecified atom stereocenters. The Morgan fingerprint density at radius 2 is 2.12 bits per heavy atom. The average molecular weight is 463 g/mol. The highest BCUT2D eigenvalue weighted by Gasteiger charge is 2.27. The van der Waals surface area contributed by atoms with Gasteiger partial charge in [0, 0.05) is 43.8 Å². The molecule has 3 heterocycles. The molecule has 2 aromatic heterocycles. The molecule has 2 aliphatic rings. The van der Waals surface area contributed by atoms with Crippen LogP contribution in [0.25, 0.3) is 11.0 Å².